The fourth-order valence-corrected chi connectivity index (χ4v) is 2.23. The van der Waals surface area contributed by atoms with Crippen LogP contribution in [0, 0.1) is 0 Å². The SMILES string of the molecule is COc1ccc(O)c(CNCc2ccccc2Br)c1. The van der Waals surface area contributed by atoms with E-state index in [9.17, 15) is 5.11 Å². The van der Waals surface area contributed by atoms with E-state index in [0.29, 0.717) is 6.54 Å². The van der Waals surface area contributed by atoms with Gasteiger partial charge >= 0.3 is 0 Å². The van der Waals surface area contributed by atoms with Crippen LogP contribution in [0.4, 0.5) is 0 Å². The second-order valence-corrected chi connectivity index (χ2v) is 5.04. The molecule has 2 N–H and O–H groups in total. The smallest absolute Gasteiger partial charge is 0.120 e. The first-order valence-corrected chi connectivity index (χ1v) is 6.80. The van der Waals surface area contributed by atoms with Crippen LogP contribution >= 0.6 is 15.9 Å². The summed E-state index contributed by atoms with van der Waals surface area (Å²) in [5.41, 5.74) is 2.01. The number of methoxy groups -OCH3 is 1. The van der Waals surface area contributed by atoms with Gasteiger partial charge < -0.3 is 15.2 Å². The molecular weight excluding hydrogens is 306 g/mol. The van der Waals surface area contributed by atoms with Gasteiger partial charge in [0.1, 0.15) is 11.5 Å². The van der Waals surface area contributed by atoms with Gasteiger partial charge in [0.25, 0.3) is 0 Å². The predicted octanol–water partition coefficient (Wildman–Crippen LogP) is 3.45. The van der Waals surface area contributed by atoms with Gasteiger partial charge in [-0.3, -0.25) is 0 Å². The van der Waals surface area contributed by atoms with E-state index in [2.05, 4.69) is 27.3 Å². The van der Waals surface area contributed by atoms with Gasteiger partial charge in [-0.05, 0) is 29.8 Å². The zero-order valence-electron chi connectivity index (χ0n) is 10.7. The molecule has 100 valence electrons. The molecular formula is C15H16BrNO2. The third-order valence-electron chi connectivity index (χ3n) is 2.88. The summed E-state index contributed by atoms with van der Waals surface area (Å²) in [5.74, 6) is 1.02. The van der Waals surface area contributed by atoms with Crippen LogP contribution < -0.4 is 10.1 Å². The summed E-state index contributed by atoms with van der Waals surface area (Å²) in [7, 11) is 1.62. The van der Waals surface area contributed by atoms with Crippen LogP contribution in [0.2, 0.25) is 0 Å². The van der Waals surface area contributed by atoms with Crippen LogP contribution in [-0.2, 0) is 13.1 Å². The summed E-state index contributed by atoms with van der Waals surface area (Å²) < 4.78 is 6.23. The first-order chi connectivity index (χ1) is 9.20. The van der Waals surface area contributed by atoms with Gasteiger partial charge in [-0.15, -0.1) is 0 Å². The Morgan fingerprint density at radius 3 is 2.58 bits per heavy atom. The molecule has 0 fully saturated rings. The van der Waals surface area contributed by atoms with E-state index in [1.807, 2.05) is 24.3 Å². The summed E-state index contributed by atoms with van der Waals surface area (Å²) in [6, 6.07) is 13.3. The molecule has 0 radical (unpaired) electrons. The highest BCUT2D eigenvalue weighted by atomic mass is 79.9. The number of aromatic hydroxyl groups is 1. The minimum atomic E-state index is 0.278. The highest BCUT2D eigenvalue weighted by molar-refractivity contribution is 9.10. The van der Waals surface area contributed by atoms with Crippen LogP contribution in [-0.4, -0.2) is 12.2 Å². The number of nitrogens with one attached hydrogen (secondary N) is 1. The molecule has 0 spiro atoms. The van der Waals surface area contributed by atoms with E-state index in [1.165, 1.54) is 5.56 Å². The van der Waals surface area contributed by atoms with E-state index in [4.69, 9.17) is 4.74 Å². The van der Waals surface area contributed by atoms with Crippen molar-refractivity contribution in [1.82, 2.24) is 5.32 Å². The maximum Gasteiger partial charge on any atom is 0.120 e. The van der Waals surface area contributed by atoms with Gasteiger partial charge in [0.15, 0.2) is 0 Å². The lowest BCUT2D eigenvalue weighted by molar-refractivity contribution is 0.410. The number of ether oxygens (including phenoxy) is 1. The molecule has 2 rings (SSSR count). The molecule has 0 bridgehead atoms. The average Bonchev–Trinajstić information content (AvgIpc) is 2.43. The molecule has 4 heteroatoms. The Hall–Kier alpha value is -1.52. The van der Waals surface area contributed by atoms with Crippen molar-refractivity contribution in [2.75, 3.05) is 7.11 Å². The second-order valence-electron chi connectivity index (χ2n) is 4.19. The Labute approximate surface area is 121 Å². The molecule has 0 aliphatic carbocycles. The van der Waals surface area contributed by atoms with E-state index >= 15 is 0 Å². The predicted molar refractivity (Wildman–Crippen MR) is 79.3 cm³/mol. The van der Waals surface area contributed by atoms with Crippen molar-refractivity contribution in [1.29, 1.82) is 0 Å². The zero-order chi connectivity index (χ0) is 13.7. The van der Waals surface area contributed by atoms with Crippen molar-refractivity contribution in [3.8, 4) is 11.5 Å². The highest BCUT2D eigenvalue weighted by Gasteiger charge is 2.04. The second kappa shape index (κ2) is 6.59. The summed E-state index contributed by atoms with van der Waals surface area (Å²) in [5, 5.41) is 13.1. The Bertz CT molecular complexity index is 558. The Kier molecular flexibility index (Phi) is 4.82. The Morgan fingerprint density at radius 1 is 1.11 bits per heavy atom. The molecule has 0 aromatic heterocycles. The van der Waals surface area contributed by atoms with Gasteiger partial charge in [0.2, 0.25) is 0 Å². The number of hydrogen-bond donors (Lipinski definition) is 2. The van der Waals surface area contributed by atoms with Crippen molar-refractivity contribution in [3.63, 3.8) is 0 Å². The van der Waals surface area contributed by atoms with Gasteiger partial charge in [-0.1, -0.05) is 34.1 Å². The van der Waals surface area contributed by atoms with Crippen molar-refractivity contribution in [3.05, 3.63) is 58.1 Å². The molecule has 2 aromatic carbocycles. The molecule has 0 amide bonds. The van der Waals surface area contributed by atoms with E-state index < -0.39 is 0 Å². The normalized spacial score (nSPS) is 10.4. The lowest BCUT2D eigenvalue weighted by Crippen LogP contribution is -2.13. The molecule has 0 saturated heterocycles. The third-order valence-corrected chi connectivity index (χ3v) is 3.65. The molecule has 19 heavy (non-hydrogen) atoms. The summed E-state index contributed by atoms with van der Waals surface area (Å²) in [6.45, 7) is 1.32. The number of halogens is 1. The summed E-state index contributed by atoms with van der Waals surface area (Å²) in [4.78, 5) is 0. The minimum absolute atomic E-state index is 0.278. The van der Waals surface area contributed by atoms with E-state index in [-0.39, 0.29) is 5.75 Å². The quantitative estimate of drug-likeness (QED) is 0.886. The molecule has 2 aromatic rings. The zero-order valence-corrected chi connectivity index (χ0v) is 12.3. The van der Waals surface area contributed by atoms with Crippen LogP contribution in [0.5, 0.6) is 11.5 Å². The molecule has 0 unspecified atom stereocenters. The van der Waals surface area contributed by atoms with Gasteiger partial charge in [0, 0.05) is 23.1 Å². The lowest BCUT2D eigenvalue weighted by atomic mass is 10.1. The fraction of sp³-hybridized carbons (Fsp3) is 0.200. The lowest BCUT2D eigenvalue weighted by Gasteiger charge is -2.09. The number of rotatable bonds is 5. The summed E-state index contributed by atoms with van der Waals surface area (Å²) >= 11 is 3.51. The third kappa shape index (κ3) is 3.72. The van der Waals surface area contributed by atoms with Crippen molar-refractivity contribution < 1.29 is 9.84 Å². The van der Waals surface area contributed by atoms with Crippen LogP contribution in [0.3, 0.4) is 0 Å². The van der Waals surface area contributed by atoms with Crippen LogP contribution in [0.1, 0.15) is 11.1 Å². The molecule has 0 atom stereocenters. The first kappa shape index (κ1) is 13.9. The number of phenols is 1. The molecule has 0 aliphatic heterocycles. The number of phenolic OH excluding ortho intramolecular Hbond substituents is 1. The average molecular weight is 322 g/mol. The number of hydrogen-bond acceptors (Lipinski definition) is 3. The van der Waals surface area contributed by atoms with Gasteiger partial charge in [0.05, 0.1) is 7.11 Å². The Morgan fingerprint density at radius 2 is 1.84 bits per heavy atom. The standard InChI is InChI=1S/C15H16BrNO2/c1-19-13-6-7-15(18)12(8-13)10-17-9-11-4-2-3-5-14(11)16/h2-8,17-18H,9-10H2,1H3. The van der Waals surface area contributed by atoms with E-state index in [1.54, 1.807) is 19.2 Å². The first-order valence-electron chi connectivity index (χ1n) is 6.00. The fourth-order valence-electron chi connectivity index (χ4n) is 1.80. The molecule has 0 aliphatic rings. The minimum Gasteiger partial charge on any atom is -0.508 e. The maximum atomic E-state index is 9.78. The van der Waals surface area contributed by atoms with Crippen molar-refractivity contribution in [2.45, 2.75) is 13.1 Å². The van der Waals surface area contributed by atoms with Crippen LogP contribution in [0.15, 0.2) is 46.9 Å². The number of benzene rings is 2. The Balaban J connectivity index is 1.98. The maximum absolute atomic E-state index is 9.78. The summed E-state index contributed by atoms with van der Waals surface area (Å²) in [6.07, 6.45) is 0. The highest BCUT2D eigenvalue weighted by Crippen LogP contribution is 2.23. The van der Waals surface area contributed by atoms with Gasteiger partial charge in [-0.25, -0.2) is 0 Å². The van der Waals surface area contributed by atoms with Crippen molar-refractivity contribution in [2.24, 2.45) is 0 Å². The molecule has 0 heterocycles. The van der Waals surface area contributed by atoms with E-state index in [0.717, 1.165) is 22.3 Å². The van der Waals surface area contributed by atoms with Crippen LogP contribution in [0.25, 0.3) is 0 Å². The van der Waals surface area contributed by atoms with Gasteiger partial charge in [-0.2, -0.15) is 0 Å². The largest absolute Gasteiger partial charge is 0.508 e. The molecule has 3 nitrogen and oxygen atoms in total. The molecule has 0 saturated carbocycles. The van der Waals surface area contributed by atoms with Crippen molar-refractivity contribution >= 4 is 15.9 Å². The topological polar surface area (TPSA) is 41.5 Å². The monoisotopic (exact) mass is 321 g/mol.